The third kappa shape index (κ3) is 4.59. The Bertz CT molecular complexity index is 1380. The molecule has 7 heteroatoms. The topological polar surface area (TPSA) is 55.2 Å². The number of halogens is 2. The summed E-state index contributed by atoms with van der Waals surface area (Å²) >= 11 is 9.60. The standard InChI is InChI=1S/C26H23BrClN3O2/c1-4-30(25(32)18-7-9-19(27)10-8-18)17(3)24-29-23-15-20(28)11-14-22(23)26(33)31(24)21-12-5-16(2)6-13-21/h5-15,17H,4H2,1-3H3. The number of amides is 1. The van der Waals surface area contributed by atoms with Crippen LogP contribution in [0.1, 0.15) is 41.6 Å². The molecule has 0 saturated carbocycles. The first kappa shape index (κ1) is 23.2. The molecule has 0 fully saturated rings. The van der Waals surface area contributed by atoms with E-state index in [1.165, 1.54) is 0 Å². The summed E-state index contributed by atoms with van der Waals surface area (Å²) in [6.45, 7) is 6.25. The van der Waals surface area contributed by atoms with E-state index >= 15 is 0 Å². The van der Waals surface area contributed by atoms with Crippen molar-refractivity contribution in [3.63, 3.8) is 0 Å². The van der Waals surface area contributed by atoms with Gasteiger partial charge in [-0.05, 0) is 75.4 Å². The molecule has 0 bridgehead atoms. The van der Waals surface area contributed by atoms with Crippen molar-refractivity contribution in [3.05, 3.63) is 104 Å². The van der Waals surface area contributed by atoms with E-state index in [9.17, 15) is 9.59 Å². The zero-order chi connectivity index (χ0) is 23.7. The van der Waals surface area contributed by atoms with Gasteiger partial charge in [-0.3, -0.25) is 14.2 Å². The van der Waals surface area contributed by atoms with Crippen LogP contribution in [0, 0.1) is 6.92 Å². The molecule has 0 aliphatic carbocycles. The maximum absolute atomic E-state index is 13.6. The molecule has 168 valence electrons. The number of rotatable bonds is 5. The van der Waals surface area contributed by atoms with Gasteiger partial charge in [0, 0.05) is 21.6 Å². The fourth-order valence-corrected chi connectivity index (χ4v) is 4.32. The van der Waals surface area contributed by atoms with Crippen LogP contribution in [-0.2, 0) is 0 Å². The highest BCUT2D eigenvalue weighted by molar-refractivity contribution is 9.10. The summed E-state index contributed by atoms with van der Waals surface area (Å²) < 4.78 is 2.49. The number of aromatic nitrogens is 2. The van der Waals surface area contributed by atoms with E-state index < -0.39 is 6.04 Å². The van der Waals surface area contributed by atoms with Gasteiger partial charge in [-0.25, -0.2) is 4.98 Å². The lowest BCUT2D eigenvalue weighted by molar-refractivity contribution is 0.0693. The van der Waals surface area contributed by atoms with E-state index in [0.717, 1.165) is 10.0 Å². The molecule has 1 aromatic heterocycles. The molecule has 0 N–H and O–H groups in total. The number of nitrogens with zero attached hydrogens (tertiary/aromatic N) is 3. The normalized spacial score (nSPS) is 12.0. The molecule has 5 nitrogen and oxygen atoms in total. The number of hydrogen-bond donors (Lipinski definition) is 0. The fraction of sp³-hybridized carbons (Fsp3) is 0.192. The Balaban J connectivity index is 1.90. The van der Waals surface area contributed by atoms with Crippen LogP contribution in [0.3, 0.4) is 0 Å². The van der Waals surface area contributed by atoms with Gasteiger partial charge >= 0.3 is 0 Å². The van der Waals surface area contributed by atoms with Crippen molar-refractivity contribution in [3.8, 4) is 5.69 Å². The Kier molecular flexibility index (Phi) is 6.68. The molecule has 1 unspecified atom stereocenters. The molecular formula is C26H23BrClN3O2. The largest absolute Gasteiger partial charge is 0.329 e. The summed E-state index contributed by atoms with van der Waals surface area (Å²) in [6, 6.07) is 19.5. The van der Waals surface area contributed by atoms with E-state index in [1.807, 2.05) is 57.2 Å². The molecule has 4 rings (SSSR count). The molecule has 0 spiro atoms. The van der Waals surface area contributed by atoms with Gasteiger partial charge in [0.25, 0.3) is 11.5 Å². The molecular weight excluding hydrogens is 502 g/mol. The molecule has 0 saturated heterocycles. The van der Waals surface area contributed by atoms with Crippen molar-refractivity contribution in [2.45, 2.75) is 26.8 Å². The minimum atomic E-state index is -0.469. The van der Waals surface area contributed by atoms with Crippen molar-refractivity contribution in [2.75, 3.05) is 6.54 Å². The molecule has 4 aromatic rings. The molecule has 1 heterocycles. The Morgan fingerprint density at radius 2 is 1.76 bits per heavy atom. The lowest BCUT2D eigenvalue weighted by atomic mass is 10.1. The summed E-state index contributed by atoms with van der Waals surface area (Å²) in [7, 11) is 0. The first-order valence-electron chi connectivity index (χ1n) is 10.7. The van der Waals surface area contributed by atoms with E-state index in [4.69, 9.17) is 16.6 Å². The Morgan fingerprint density at radius 1 is 1.09 bits per heavy atom. The van der Waals surface area contributed by atoms with Gasteiger partial charge in [0.15, 0.2) is 0 Å². The van der Waals surface area contributed by atoms with E-state index in [-0.39, 0.29) is 11.5 Å². The molecule has 0 aliphatic heterocycles. The smallest absolute Gasteiger partial charge is 0.266 e. The molecule has 3 aromatic carbocycles. The average molecular weight is 525 g/mol. The summed E-state index contributed by atoms with van der Waals surface area (Å²) in [5.74, 6) is 0.347. The highest BCUT2D eigenvalue weighted by Crippen LogP contribution is 2.26. The summed E-state index contributed by atoms with van der Waals surface area (Å²) in [5, 5.41) is 0.970. The predicted octanol–water partition coefficient (Wildman–Crippen LogP) is 6.33. The SMILES string of the molecule is CCN(C(=O)c1ccc(Br)cc1)C(C)c1nc2cc(Cl)ccc2c(=O)n1-c1ccc(C)cc1. The van der Waals surface area contributed by atoms with Gasteiger partial charge in [0.05, 0.1) is 22.6 Å². The number of hydrogen-bond acceptors (Lipinski definition) is 3. The Hall–Kier alpha value is -2.96. The third-order valence-corrected chi connectivity index (χ3v) is 6.45. The molecule has 0 radical (unpaired) electrons. The summed E-state index contributed by atoms with van der Waals surface area (Å²) in [4.78, 5) is 33.5. The number of aryl methyl sites for hydroxylation is 1. The quantitative estimate of drug-likeness (QED) is 0.306. The summed E-state index contributed by atoms with van der Waals surface area (Å²) in [5.41, 5.74) is 2.66. The maximum atomic E-state index is 13.6. The second-order valence-electron chi connectivity index (χ2n) is 7.88. The second kappa shape index (κ2) is 9.49. The number of benzene rings is 3. The van der Waals surface area contributed by atoms with Crippen LogP contribution in [0.4, 0.5) is 0 Å². The van der Waals surface area contributed by atoms with Gasteiger partial charge in [-0.1, -0.05) is 45.2 Å². The van der Waals surface area contributed by atoms with Crippen LogP contribution in [-0.4, -0.2) is 26.9 Å². The van der Waals surface area contributed by atoms with Crippen LogP contribution in [0.25, 0.3) is 16.6 Å². The fourth-order valence-electron chi connectivity index (χ4n) is 3.89. The second-order valence-corrected chi connectivity index (χ2v) is 9.23. The van der Waals surface area contributed by atoms with Crippen molar-refractivity contribution in [2.24, 2.45) is 0 Å². The van der Waals surface area contributed by atoms with Crippen molar-refractivity contribution < 1.29 is 4.79 Å². The first-order chi connectivity index (χ1) is 15.8. The molecule has 1 amide bonds. The van der Waals surface area contributed by atoms with Crippen LogP contribution in [0.15, 0.2) is 76.0 Å². The van der Waals surface area contributed by atoms with E-state index in [1.54, 1.807) is 39.8 Å². The van der Waals surface area contributed by atoms with Gasteiger partial charge in [-0.15, -0.1) is 0 Å². The first-order valence-corrected chi connectivity index (χ1v) is 11.8. The minimum absolute atomic E-state index is 0.131. The molecule has 33 heavy (non-hydrogen) atoms. The molecule has 1 atom stereocenters. The van der Waals surface area contributed by atoms with E-state index in [0.29, 0.717) is 39.5 Å². The van der Waals surface area contributed by atoms with Crippen LogP contribution < -0.4 is 5.56 Å². The average Bonchev–Trinajstić information content (AvgIpc) is 2.80. The zero-order valence-corrected chi connectivity index (χ0v) is 20.9. The number of carbonyl (C=O) groups is 1. The van der Waals surface area contributed by atoms with E-state index in [2.05, 4.69) is 15.9 Å². The Morgan fingerprint density at radius 3 is 2.39 bits per heavy atom. The van der Waals surface area contributed by atoms with Crippen molar-refractivity contribution in [1.82, 2.24) is 14.5 Å². The van der Waals surface area contributed by atoms with Crippen LogP contribution in [0.2, 0.25) is 5.02 Å². The highest BCUT2D eigenvalue weighted by Gasteiger charge is 2.26. The monoisotopic (exact) mass is 523 g/mol. The van der Waals surface area contributed by atoms with Crippen molar-refractivity contribution >= 4 is 44.3 Å². The predicted molar refractivity (Wildman–Crippen MR) is 136 cm³/mol. The highest BCUT2D eigenvalue weighted by atomic mass is 79.9. The Labute approximate surface area is 205 Å². The van der Waals surface area contributed by atoms with Gasteiger partial charge in [-0.2, -0.15) is 0 Å². The van der Waals surface area contributed by atoms with Crippen LogP contribution >= 0.6 is 27.5 Å². The summed E-state index contributed by atoms with van der Waals surface area (Å²) in [6.07, 6.45) is 0. The lowest BCUT2D eigenvalue weighted by Crippen LogP contribution is -2.37. The molecule has 0 aliphatic rings. The van der Waals surface area contributed by atoms with Crippen molar-refractivity contribution in [1.29, 1.82) is 0 Å². The third-order valence-electron chi connectivity index (χ3n) is 5.68. The maximum Gasteiger partial charge on any atom is 0.266 e. The van der Waals surface area contributed by atoms with Crippen LogP contribution in [0.5, 0.6) is 0 Å². The lowest BCUT2D eigenvalue weighted by Gasteiger charge is -2.29. The number of fused-ring (bicyclic) bond motifs is 1. The zero-order valence-electron chi connectivity index (χ0n) is 18.5. The van der Waals surface area contributed by atoms with Gasteiger partial charge in [0.1, 0.15) is 5.82 Å². The minimum Gasteiger partial charge on any atom is -0.329 e. The van der Waals surface area contributed by atoms with Gasteiger partial charge < -0.3 is 4.90 Å². The number of carbonyl (C=O) groups excluding carboxylic acids is 1. The van der Waals surface area contributed by atoms with Gasteiger partial charge in [0.2, 0.25) is 0 Å².